The molecule has 0 saturated heterocycles. The summed E-state index contributed by atoms with van der Waals surface area (Å²) in [5.41, 5.74) is 0.786. The zero-order valence-corrected chi connectivity index (χ0v) is 10.5. The maximum absolute atomic E-state index is 14.1. The number of aryl methyl sites for hydroxylation is 1. The second kappa shape index (κ2) is 4.74. The Hall–Kier alpha value is -1.75. The summed E-state index contributed by atoms with van der Waals surface area (Å²) in [4.78, 5) is 4.04. The molecule has 1 N–H and O–H groups in total. The van der Waals surface area contributed by atoms with Crippen molar-refractivity contribution >= 4 is 0 Å². The zero-order chi connectivity index (χ0) is 13.4. The van der Waals surface area contributed by atoms with Gasteiger partial charge < -0.3 is 9.73 Å². The van der Waals surface area contributed by atoms with Crippen molar-refractivity contribution in [2.45, 2.75) is 32.4 Å². The second-order valence-corrected chi connectivity index (χ2v) is 4.84. The molecule has 0 aliphatic heterocycles. The maximum atomic E-state index is 14.1. The summed E-state index contributed by atoms with van der Waals surface area (Å²) >= 11 is 0. The standard InChI is InChI=1S/C14H14F2N2O/c1-8-2-5-10(15)12(13(8)16)14-11(18-7-19-14)6-17-9-3-4-9/h2,5,7,9,17H,3-4,6H2,1H3. The van der Waals surface area contributed by atoms with Crippen molar-refractivity contribution in [1.82, 2.24) is 10.3 Å². The molecule has 1 aromatic heterocycles. The first kappa shape index (κ1) is 12.3. The summed E-state index contributed by atoms with van der Waals surface area (Å²) in [5, 5.41) is 3.26. The van der Waals surface area contributed by atoms with Crippen molar-refractivity contribution in [2.24, 2.45) is 0 Å². The highest BCUT2D eigenvalue weighted by Crippen LogP contribution is 2.30. The molecular weight excluding hydrogens is 250 g/mol. The fourth-order valence-corrected chi connectivity index (χ4v) is 1.99. The van der Waals surface area contributed by atoms with Gasteiger partial charge in [0.15, 0.2) is 12.2 Å². The Morgan fingerprint density at radius 2 is 2.16 bits per heavy atom. The van der Waals surface area contributed by atoms with Gasteiger partial charge in [-0.3, -0.25) is 0 Å². The van der Waals surface area contributed by atoms with Crippen LogP contribution in [0.15, 0.2) is 22.9 Å². The van der Waals surface area contributed by atoms with E-state index in [-0.39, 0.29) is 11.3 Å². The summed E-state index contributed by atoms with van der Waals surface area (Å²) in [5.74, 6) is -1.05. The normalized spacial score (nSPS) is 14.9. The molecule has 1 heterocycles. The first-order chi connectivity index (χ1) is 9.16. The van der Waals surface area contributed by atoms with Crippen LogP contribution in [0.4, 0.5) is 8.78 Å². The maximum Gasteiger partial charge on any atom is 0.181 e. The lowest BCUT2D eigenvalue weighted by Crippen LogP contribution is -2.16. The van der Waals surface area contributed by atoms with Crippen LogP contribution in [0.1, 0.15) is 24.1 Å². The van der Waals surface area contributed by atoms with E-state index in [0.29, 0.717) is 23.8 Å². The van der Waals surface area contributed by atoms with Gasteiger partial charge in [0.1, 0.15) is 17.3 Å². The van der Waals surface area contributed by atoms with Crippen LogP contribution in [0.3, 0.4) is 0 Å². The van der Waals surface area contributed by atoms with Crippen LogP contribution in [0.5, 0.6) is 0 Å². The highest BCUT2D eigenvalue weighted by Gasteiger charge is 2.24. The summed E-state index contributed by atoms with van der Waals surface area (Å²) in [6.45, 7) is 2.06. The molecule has 3 nitrogen and oxygen atoms in total. The van der Waals surface area contributed by atoms with Gasteiger partial charge in [-0.25, -0.2) is 13.8 Å². The van der Waals surface area contributed by atoms with Gasteiger partial charge in [-0.15, -0.1) is 0 Å². The molecule has 1 saturated carbocycles. The van der Waals surface area contributed by atoms with Gasteiger partial charge in [-0.05, 0) is 31.4 Å². The van der Waals surface area contributed by atoms with E-state index in [1.165, 1.54) is 18.5 Å². The number of aromatic nitrogens is 1. The number of rotatable bonds is 4. The third-order valence-corrected chi connectivity index (χ3v) is 3.29. The molecule has 0 atom stereocenters. The molecule has 0 amide bonds. The molecule has 0 unspecified atom stereocenters. The fourth-order valence-electron chi connectivity index (χ4n) is 1.99. The van der Waals surface area contributed by atoms with Gasteiger partial charge in [-0.2, -0.15) is 0 Å². The predicted octanol–water partition coefficient (Wildman–Crippen LogP) is 3.18. The average Bonchev–Trinajstić information content (AvgIpc) is 3.12. The van der Waals surface area contributed by atoms with Gasteiger partial charge in [0.05, 0.1) is 5.56 Å². The van der Waals surface area contributed by atoms with Gasteiger partial charge in [0.2, 0.25) is 0 Å². The van der Waals surface area contributed by atoms with E-state index < -0.39 is 11.6 Å². The molecule has 0 bridgehead atoms. The molecule has 100 valence electrons. The topological polar surface area (TPSA) is 38.1 Å². The molecule has 19 heavy (non-hydrogen) atoms. The van der Waals surface area contributed by atoms with Gasteiger partial charge in [0.25, 0.3) is 0 Å². The monoisotopic (exact) mass is 264 g/mol. The number of hydrogen-bond acceptors (Lipinski definition) is 3. The first-order valence-corrected chi connectivity index (χ1v) is 6.27. The van der Waals surface area contributed by atoms with Crippen LogP contribution in [0.25, 0.3) is 11.3 Å². The Bertz CT molecular complexity index is 605. The van der Waals surface area contributed by atoms with Crippen LogP contribution in [0, 0.1) is 18.6 Å². The molecule has 5 heteroatoms. The quantitative estimate of drug-likeness (QED) is 0.921. The number of oxazole rings is 1. The van der Waals surface area contributed by atoms with Crippen molar-refractivity contribution in [2.75, 3.05) is 0 Å². The van der Waals surface area contributed by atoms with Crippen molar-refractivity contribution in [3.05, 3.63) is 41.4 Å². The van der Waals surface area contributed by atoms with Crippen LogP contribution in [-0.2, 0) is 6.54 Å². The van der Waals surface area contributed by atoms with Gasteiger partial charge in [-0.1, -0.05) is 6.07 Å². The molecule has 0 spiro atoms. The smallest absolute Gasteiger partial charge is 0.181 e. The van der Waals surface area contributed by atoms with Crippen molar-refractivity contribution in [3.63, 3.8) is 0 Å². The van der Waals surface area contributed by atoms with E-state index in [2.05, 4.69) is 10.3 Å². The Balaban J connectivity index is 1.97. The largest absolute Gasteiger partial charge is 0.443 e. The predicted molar refractivity (Wildman–Crippen MR) is 66.5 cm³/mol. The highest BCUT2D eigenvalue weighted by molar-refractivity contribution is 5.62. The van der Waals surface area contributed by atoms with Crippen LogP contribution >= 0.6 is 0 Å². The third kappa shape index (κ3) is 2.38. The minimum Gasteiger partial charge on any atom is -0.443 e. The van der Waals surface area contributed by atoms with Crippen molar-refractivity contribution in [1.29, 1.82) is 0 Å². The summed E-state index contributed by atoms with van der Waals surface area (Å²) in [7, 11) is 0. The SMILES string of the molecule is Cc1ccc(F)c(-c2ocnc2CNC2CC2)c1F. The Morgan fingerprint density at radius 1 is 1.37 bits per heavy atom. The number of hydrogen-bond donors (Lipinski definition) is 1. The first-order valence-electron chi connectivity index (χ1n) is 6.27. The van der Waals surface area contributed by atoms with E-state index in [9.17, 15) is 8.78 Å². The van der Waals surface area contributed by atoms with Gasteiger partial charge in [0, 0.05) is 12.6 Å². The molecule has 3 rings (SSSR count). The van der Waals surface area contributed by atoms with Crippen LogP contribution in [0.2, 0.25) is 0 Å². The fraction of sp³-hybridized carbons (Fsp3) is 0.357. The highest BCUT2D eigenvalue weighted by atomic mass is 19.1. The number of nitrogens with zero attached hydrogens (tertiary/aromatic N) is 1. The minimum absolute atomic E-state index is 0.134. The molecular formula is C14H14F2N2O. The Morgan fingerprint density at radius 3 is 2.89 bits per heavy atom. The summed E-state index contributed by atoms with van der Waals surface area (Å²) < 4.78 is 33.1. The molecule has 1 fully saturated rings. The lowest BCUT2D eigenvalue weighted by molar-refractivity contribution is 0.538. The number of halogens is 2. The lowest BCUT2D eigenvalue weighted by atomic mass is 10.1. The number of nitrogens with one attached hydrogen (secondary N) is 1. The third-order valence-electron chi connectivity index (χ3n) is 3.29. The van der Waals surface area contributed by atoms with E-state index in [1.54, 1.807) is 6.92 Å². The lowest BCUT2D eigenvalue weighted by Gasteiger charge is -2.07. The molecule has 0 radical (unpaired) electrons. The number of benzene rings is 1. The molecule has 1 aliphatic carbocycles. The van der Waals surface area contributed by atoms with E-state index in [4.69, 9.17) is 4.42 Å². The minimum atomic E-state index is -0.632. The average molecular weight is 264 g/mol. The molecule has 1 aromatic carbocycles. The summed E-state index contributed by atoms with van der Waals surface area (Å²) in [6.07, 6.45) is 3.50. The van der Waals surface area contributed by atoms with Crippen molar-refractivity contribution < 1.29 is 13.2 Å². The Labute approximate surface area is 109 Å². The zero-order valence-electron chi connectivity index (χ0n) is 10.5. The summed E-state index contributed by atoms with van der Waals surface area (Å²) in [6, 6.07) is 3.15. The molecule has 1 aliphatic rings. The Kier molecular flexibility index (Phi) is 3.06. The van der Waals surface area contributed by atoms with Gasteiger partial charge >= 0.3 is 0 Å². The van der Waals surface area contributed by atoms with Crippen LogP contribution < -0.4 is 5.32 Å². The van der Waals surface area contributed by atoms with E-state index in [1.807, 2.05) is 0 Å². The van der Waals surface area contributed by atoms with E-state index in [0.717, 1.165) is 12.8 Å². The second-order valence-electron chi connectivity index (χ2n) is 4.84. The van der Waals surface area contributed by atoms with Crippen LogP contribution in [-0.4, -0.2) is 11.0 Å². The van der Waals surface area contributed by atoms with E-state index >= 15 is 0 Å². The van der Waals surface area contributed by atoms with Crippen molar-refractivity contribution in [3.8, 4) is 11.3 Å². The molecule has 2 aromatic rings.